The lowest BCUT2D eigenvalue weighted by Crippen LogP contribution is -2.67. The molecule has 4 nitrogen and oxygen atoms in total. The minimum atomic E-state index is -2.89. The lowest BCUT2D eigenvalue weighted by Gasteiger charge is -2.44. The highest BCUT2D eigenvalue weighted by molar-refractivity contribution is 6.99. The van der Waals surface area contributed by atoms with E-state index in [9.17, 15) is 4.79 Å². The van der Waals surface area contributed by atoms with Gasteiger partial charge in [-0.2, -0.15) is 0 Å². The molecule has 1 amide bonds. The van der Waals surface area contributed by atoms with Crippen molar-refractivity contribution in [3.8, 4) is 0 Å². The van der Waals surface area contributed by atoms with Gasteiger partial charge < -0.3 is 14.1 Å². The van der Waals surface area contributed by atoms with Gasteiger partial charge in [0.2, 0.25) is 0 Å². The Morgan fingerprint density at radius 2 is 1.52 bits per heavy atom. The molecule has 3 rings (SSSR count). The summed E-state index contributed by atoms with van der Waals surface area (Å²) in [7, 11) is -2.89. The van der Waals surface area contributed by atoms with E-state index in [4.69, 9.17) is 13.3 Å². The van der Waals surface area contributed by atoms with E-state index in [1.165, 1.54) is 4.90 Å². The Balaban J connectivity index is 2.04. The summed E-state index contributed by atoms with van der Waals surface area (Å²) in [5.74, 6) is 0. The Kier molecular flexibility index (Phi) is 5.79. The molecule has 168 valence electrons. The second kappa shape index (κ2) is 9.17. The molecule has 0 bridgehead atoms. The lowest BCUT2D eigenvalue weighted by molar-refractivity contribution is 0.0183. The van der Waals surface area contributed by atoms with Crippen molar-refractivity contribution in [3.63, 3.8) is 0 Å². The third kappa shape index (κ3) is 5.21. The maximum atomic E-state index is 13.0. The Bertz CT molecular complexity index is 923. The maximum Gasteiger partial charge on any atom is 0.410 e. The first-order valence-corrected chi connectivity index (χ1v) is 12.7. The summed E-state index contributed by atoms with van der Waals surface area (Å²) >= 11 is 0. The first-order chi connectivity index (χ1) is 15.8. The van der Waals surface area contributed by atoms with Gasteiger partial charge in [0.1, 0.15) is 5.60 Å². The third-order valence-electron chi connectivity index (χ3n) is 5.43. The van der Waals surface area contributed by atoms with E-state index in [0.29, 0.717) is 0 Å². The minimum Gasteiger partial charge on any atom is -0.444 e. The molecule has 1 fully saturated rings. The highest BCUT2D eigenvalue weighted by Crippen LogP contribution is 2.37. The van der Waals surface area contributed by atoms with Gasteiger partial charge in [-0.25, -0.2) is 4.79 Å². The smallest absolute Gasteiger partial charge is 0.410 e. The van der Waals surface area contributed by atoms with Crippen LogP contribution in [0.15, 0.2) is 60.7 Å². The third-order valence-corrected chi connectivity index (χ3v) is 10.4. The molecule has 0 N–H and O–H groups in total. The highest BCUT2D eigenvalue weighted by Gasteiger charge is 2.50. The van der Waals surface area contributed by atoms with Crippen molar-refractivity contribution in [2.45, 2.75) is 71.0 Å². The minimum absolute atomic E-state index is 0.0610. The molecule has 1 heterocycles. The van der Waals surface area contributed by atoms with Gasteiger partial charge in [0, 0.05) is 10.6 Å². The molecular weight excluding hydrogens is 402 g/mol. The van der Waals surface area contributed by atoms with Gasteiger partial charge in [-0.3, -0.25) is 0 Å². The van der Waals surface area contributed by atoms with Crippen molar-refractivity contribution >= 4 is 24.8 Å². The molecule has 5 heteroatoms. The molecule has 0 unspecified atom stereocenters. The summed E-state index contributed by atoms with van der Waals surface area (Å²) in [5.41, 5.74) is -0.738. The van der Waals surface area contributed by atoms with Gasteiger partial charge >= 0.3 is 6.09 Å². The van der Waals surface area contributed by atoms with Crippen LogP contribution in [0.2, 0.25) is 5.04 Å². The summed E-state index contributed by atoms with van der Waals surface area (Å²) < 4.78 is 37.9. The zero-order valence-corrected chi connectivity index (χ0v) is 20.5. The van der Waals surface area contributed by atoms with Crippen LogP contribution in [0.3, 0.4) is 0 Å². The topological polar surface area (TPSA) is 38.8 Å². The predicted molar refractivity (Wildman–Crippen MR) is 130 cm³/mol. The van der Waals surface area contributed by atoms with Crippen LogP contribution in [0, 0.1) is 0 Å². The quantitative estimate of drug-likeness (QED) is 0.614. The average Bonchev–Trinajstić information content (AvgIpc) is 2.97. The molecule has 2 aromatic rings. The fraction of sp³-hybridized carbons (Fsp3) is 0.500. The summed E-state index contributed by atoms with van der Waals surface area (Å²) in [6, 6.07) is 19.6. The number of benzene rings is 2. The summed E-state index contributed by atoms with van der Waals surface area (Å²) in [6.07, 6.45) is -2.69. The second-order valence-electron chi connectivity index (χ2n) is 9.96. The zero-order valence-electron chi connectivity index (χ0n) is 22.5. The first-order valence-electron chi connectivity index (χ1n) is 12.6. The Labute approximate surface area is 192 Å². The fourth-order valence-corrected chi connectivity index (χ4v) is 8.67. The van der Waals surface area contributed by atoms with Crippen molar-refractivity contribution in [1.29, 1.82) is 0 Å². The number of carbonyl (C=O) groups is 1. The number of hydrogen-bond donors (Lipinski definition) is 0. The van der Waals surface area contributed by atoms with Gasteiger partial charge in [-0.1, -0.05) is 81.4 Å². The second-order valence-corrected chi connectivity index (χ2v) is 14.3. The molecule has 0 aliphatic carbocycles. The molecule has 1 aliphatic rings. The van der Waals surface area contributed by atoms with E-state index < -0.39 is 45.4 Å². The van der Waals surface area contributed by atoms with Gasteiger partial charge in [-0.05, 0) is 49.0 Å². The molecule has 0 saturated carbocycles. The maximum absolute atomic E-state index is 13.0. The van der Waals surface area contributed by atoms with Crippen LogP contribution in [0.25, 0.3) is 0 Å². The van der Waals surface area contributed by atoms with Crippen molar-refractivity contribution < 1.29 is 18.1 Å². The van der Waals surface area contributed by atoms with E-state index >= 15 is 0 Å². The van der Waals surface area contributed by atoms with E-state index in [2.05, 4.69) is 45.0 Å². The monoisotopic (exact) mass is 442 g/mol. The van der Waals surface area contributed by atoms with E-state index in [-0.39, 0.29) is 11.6 Å². The number of amides is 1. The van der Waals surface area contributed by atoms with Crippen LogP contribution in [0.1, 0.15) is 58.4 Å². The van der Waals surface area contributed by atoms with Crippen LogP contribution in [-0.2, 0) is 9.16 Å². The van der Waals surface area contributed by atoms with E-state index in [0.717, 1.165) is 10.4 Å². The molecular formula is C26H37NO3Si. The van der Waals surface area contributed by atoms with E-state index in [1.54, 1.807) is 20.8 Å². The molecule has 31 heavy (non-hydrogen) atoms. The molecule has 1 saturated heterocycles. The predicted octanol–water partition coefficient (Wildman–Crippen LogP) is 4.96. The average molecular weight is 443 g/mol. The molecule has 0 spiro atoms. The summed E-state index contributed by atoms with van der Waals surface area (Å²) in [5, 5.41) is 1.94. The summed E-state index contributed by atoms with van der Waals surface area (Å²) in [6.45, 7) is 10.7. The molecule has 0 radical (unpaired) electrons. The normalized spacial score (nSPS) is 26.1. The largest absolute Gasteiger partial charge is 0.444 e. The number of ether oxygens (including phenoxy) is 1. The summed E-state index contributed by atoms with van der Waals surface area (Å²) in [4.78, 5) is 14.2. The number of rotatable bonds is 5. The lowest BCUT2D eigenvalue weighted by atomic mass is 10.2. The van der Waals surface area contributed by atoms with Gasteiger partial charge in [-0.15, -0.1) is 0 Å². The standard InChI is InChI=1S/C26H37NO3Si/c1-25(2,3)30-24(28)27-19-13-14-21(27)20-29-31(26(4,5)6,22-15-9-7-10-16-22)23-17-11-8-12-18-23/h7-12,15-18,21H,13-14,19-20H2,1-6H3/t21-/m0/s1/i13D,14D,19D/t13-,14+,19-,21+/m1. The van der Waals surface area contributed by atoms with Gasteiger partial charge in [0.05, 0.1) is 12.6 Å². The Morgan fingerprint density at radius 3 is 1.97 bits per heavy atom. The van der Waals surface area contributed by atoms with Crippen LogP contribution in [0.4, 0.5) is 4.79 Å². The first kappa shape index (κ1) is 19.6. The molecule has 2 aromatic carbocycles. The number of hydrogen-bond acceptors (Lipinski definition) is 3. The number of nitrogens with zero attached hydrogens (tertiary/aromatic N) is 1. The van der Waals surface area contributed by atoms with Crippen LogP contribution >= 0.6 is 0 Å². The molecule has 4 atom stereocenters. The van der Waals surface area contributed by atoms with Crippen molar-refractivity contribution in [2.75, 3.05) is 13.1 Å². The van der Waals surface area contributed by atoms with E-state index in [1.807, 2.05) is 36.4 Å². The SMILES string of the molecule is [2H][C@@H]1[C@H]([2H])[C@@H](CO[Si](c2ccccc2)(c2ccccc2)C(C)(C)C)N(C(=O)OC(C)(C)C)[C@@H]1[2H]. The van der Waals surface area contributed by atoms with Crippen molar-refractivity contribution in [1.82, 2.24) is 4.90 Å². The van der Waals surface area contributed by atoms with Crippen LogP contribution in [0.5, 0.6) is 0 Å². The highest BCUT2D eigenvalue weighted by atomic mass is 28.4. The zero-order chi connectivity index (χ0) is 25.3. The van der Waals surface area contributed by atoms with Gasteiger partial charge in [0.15, 0.2) is 0 Å². The molecule has 1 aliphatic heterocycles. The van der Waals surface area contributed by atoms with Gasteiger partial charge in [0.25, 0.3) is 8.32 Å². The van der Waals surface area contributed by atoms with Crippen LogP contribution < -0.4 is 10.4 Å². The van der Waals surface area contributed by atoms with Crippen molar-refractivity contribution in [3.05, 3.63) is 60.7 Å². The number of carbonyl (C=O) groups excluding carboxylic acids is 1. The number of likely N-dealkylation sites (tertiary alicyclic amines) is 1. The Morgan fingerprint density at radius 1 is 1.00 bits per heavy atom. The molecule has 0 aromatic heterocycles. The van der Waals surface area contributed by atoms with Crippen LogP contribution in [-0.4, -0.2) is 44.1 Å². The van der Waals surface area contributed by atoms with Crippen molar-refractivity contribution in [2.24, 2.45) is 0 Å². The fourth-order valence-electron chi connectivity index (χ4n) is 4.09. The Hall–Kier alpha value is -2.11.